The summed E-state index contributed by atoms with van der Waals surface area (Å²) in [6, 6.07) is 29.2. The summed E-state index contributed by atoms with van der Waals surface area (Å²) in [6.45, 7) is 5.78. The van der Waals surface area contributed by atoms with Crippen molar-refractivity contribution in [3.8, 4) is 5.75 Å². The third-order valence-corrected chi connectivity index (χ3v) is 11.0. The Hall–Kier alpha value is -3.80. The van der Waals surface area contributed by atoms with Gasteiger partial charge in [-0.1, -0.05) is 65.3 Å². The quantitative estimate of drug-likeness (QED) is 0.121. The van der Waals surface area contributed by atoms with E-state index in [1.807, 2.05) is 81.6 Å². The highest BCUT2D eigenvalue weighted by molar-refractivity contribution is 9.10. The van der Waals surface area contributed by atoms with Crippen LogP contribution in [0.15, 0.2) is 117 Å². The Kier molecular flexibility index (Phi) is 13.5. The summed E-state index contributed by atoms with van der Waals surface area (Å²) < 4.78 is 36.2. The molecule has 8 nitrogen and oxygen atoms in total. The maximum Gasteiger partial charge on any atom is 0.264 e. The highest BCUT2D eigenvalue weighted by Gasteiger charge is 2.35. The topological polar surface area (TPSA) is 96.0 Å². The second-order valence-corrected chi connectivity index (χ2v) is 14.9. The zero-order valence-electron chi connectivity index (χ0n) is 27.6. The summed E-state index contributed by atoms with van der Waals surface area (Å²) in [5, 5.41) is 3.06. The number of nitrogens with one attached hydrogen (secondary N) is 1. The molecule has 0 aliphatic carbocycles. The molecule has 1 N–H and O–H groups in total. The van der Waals surface area contributed by atoms with Crippen LogP contribution >= 0.6 is 27.7 Å². The molecule has 0 aliphatic heterocycles. The van der Waals surface area contributed by atoms with Crippen LogP contribution in [0.2, 0.25) is 0 Å². The predicted octanol–water partition coefficient (Wildman–Crippen LogP) is 7.32. The van der Waals surface area contributed by atoms with E-state index in [1.54, 1.807) is 48.5 Å². The third kappa shape index (κ3) is 9.87. The molecule has 0 heterocycles. The van der Waals surface area contributed by atoms with Gasteiger partial charge in [-0.15, -0.1) is 11.8 Å². The first-order valence-corrected chi connectivity index (χ1v) is 19.3. The predicted molar refractivity (Wildman–Crippen MR) is 197 cm³/mol. The molecule has 2 amide bonds. The largest absolute Gasteiger partial charge is 0.494 e. The zero-order chi connectivity index (χ0) is 34.7. The van der Waals surface area contributed by atoms with Crippen LogP contribution in [0.3, 0.4) is 0 Å². The van der Waals surface area contributed by atoms with E-state index < -0.39 is 28.5 Å². The van der Waals surface area contributed by atoms with Gasteiger partial charge in [-0.2, -0.15) is 0 Å². The fourth-order valence-corrected chi connectivity index (χ4v) is 7.15. The van der Waals surface area contributed by atoms with Crippen molar-refractivity contribution in [2.24, 2.45) is 0 Å². The molecule has 0 saturated heterocycles. The number of anilines is 1. The van der Waals surface area contributed by atoms with E-state index in [-0.39, 0.29) is 29.8 Å². The first-order valence-electron chi connectivity index (χ1n) is 15.8. The second kappa shape index (κ2) is 17.6. The Bertz CT molecular complexity index is 1740. The van der Waals surface area contributed by atoms with Crippen LogP contribution in [-0.4, -0.2) is 56.6 Å². The van der Waals surface area contributed by atoms with Crippen molar-refractivity contribution in [1.29, 1.82) is 0 Å². The van der Waals surface area contributed by atoms with Gasteiger partial charge in [0.25, 0.3) is 10.0 Å². The Morgan fingerprint density at radius 1 is 0.875 bits per heavy atom. The molecular weight excluding hydrogens is 710 g/mol. The number of carbonyl (C=O) groups is 2. The van der Waals surface area contributed by atoms with Gasteiger partial charge in [0.1, 0.15) is 18.3 Å². The van der Waals surface area contributed by atoms with Gasteiger partial charge in [0.2, 0.25) is 11.8 Å². The van der Waals surface area contributed by atoms with Crippen LogP contribution in [0, 0.1) is 0 Å². The van der Waals surface area contributed by atoms with E-state index in [1.165, 1.54) is 16.7 Å². The molecule has 254 valence electrons. The minimum Gasteiger partial charge on any atom is -0.494 e. The minimum atomic E-state index is -4.21. The summed E-state index contributed by atoms with van der Waals surface area (Å²) in [4.78, 5) is 31.1. The number of amides is 2. The third-order valence-electron chi connectivity index (χ3n) is 7.90. The number of nitrogens with zero attached hydrogens (tertiary/aromatic N) is 2. The van der Waals surface area contributed by atoms with Gasteiger partial charge in [0.05, 0.1) is 17.2 Å². The van der Waals surface area contributed by atoms with E-state index in [4.69, 9.17) is 4.74 Å². The molecule has 0 aromatic heterocycles. The van der Waals surface area contributed by atoms with Gasteiger partial charge in [-0.3, -0.25) is 13.9 Å². The van der Waals surface area contributed by atoms with Crippen LogP contribution in [0.5, 0.6) is 5.75 Å². The fourth-order valence-electron chi connectivity index (χ4n) is 5.06. The van der Waals surface area contributed by atoms with Crippen molar-refractivity contribution in [3.63, 3.8) is 0 Å². The molecular formula is C37H42BrN3O5S2. The molecule has 0 saturated carbocycles. The number of ether oxygens (including phenoxy) is 1. The van der Waals surface area contributed by atoms with E-state index >= 15 is 0 Å². The second-order valence-electron chi connectivity index (χ2n) is 11.3. The molecule has 0 radical (unpaired) electrons. The number of carbonyl (C=O) groups excluding carboxylic acids is 2. The first kappa shape index (κ1) is 37.0. The molecule has 0 fully saturated rings. The van der Waals surface area contributed by atoms with Crippen molar-refractivity contribution in [2.75, 3.05) is 23.7 Å². The lowest BCUT2D eigenvalue weighted by Crippen LogP contribution is -2.54. The number of rotatable bonds is 16. The fraction of sp³-hybridized carbons (Fsp3) is 0.297. The van der Waals surface area contributed by atoms with Crippen LogP contribution in [0.4, 0.5) is 5.69 Å². The summed E-state index contributed by atoms with van der Waals surface area (Å²) >= 11 is 4.97. The highest BCUT2D eigenvalue weighted by Crippen LogP contribution is 2.28. The number of halogens is 1. The van der Waals surface area contributed by atoms with Crippen LogP contribution in [-0.2, 0) is 32.6 Å². The molecule has 4 aromatic carbocycles. The molecule has 0 aliphatic rings. The number of hydrogen-bond acceptors (Lipinski definition) is 6. The van der Waals surface area contributed by atoms with E-state index in [0.717, 1.165) is 24.8 Å². The maximum absolute atomic E-state index is 14.6. The number of benzene rings is 4. The Morgan fingerprint density at radius 2 is 1.52 bits per heavy atom. The average molecular weight is 753 g/mol. The smallest absolute Gasteiger partial charge is 0.264 e. The lowest BCUT2D eigenvalue weighted by molar-refractivity contribution is -0.140. The summed E-state index contributed by atoms with van der Waals surface area (Å²) in [5.74, 6) is -0.242. The van der Waals surface area contributed by atoms with Crippen molar-refractivity contribution in [1.82, 2.24) is 10.2 Å². The minimum absolute atomic E-state index is 0.0526. The van der Waals surface area contributed by atoms with Gasteiger partial charge in [-0.05, 0) is 98.3 Å². The molecule has 2 atom stereocenters. The summed E-state index contributed by atoms with van der Waals surface area (Å²) in [6.07, 6.45) is 2.87. The molecule has 4 rings (SSSR count). The Balaban J connectivity index is 1.80. The number of sulfonamides is 1. The van der Waals surface area contributed by atoms with Crippen molar-refractivity contribution < 1.29 is 22.7 Å². The first-order chi connectivity index (χ1) is 23.0. The maximum atomic E-state index is 14.6. The Labute approximate surface area is 297 Å². The van der Waals surface area contributed by atoms with Gasteiger partial charge < -0.3 is 15.0 Å². The van der Waals surface area contributed by atoms with Crippen LogP contribution in [0.1, 0.15) is 38.3 Å². The van der Waals surface area contributed by atoms with E-state index in [0.29, 0.717) is 24.5 Å². The number of hydrogen-bond donors (Lipinski definition) is 1. The normalized spacial score (nSPS) is 12.5. The van der Waals surface area contributed by atoms with Gasteiger partial charge in [0.15, 0.2) is 0 Å². The average Bonchev–Trinajstić information content (AvgIpc) is 3.10. The van der Waals surface area contributed by atoms with Gasteiger partial charge >= 0.3 is 0 Å². The molecule has 0 unspecified atom stereocenters. The zero-order valence-corrected chi connectivity index (χ0v) is 30.9. The van der Waals surface area contributed by atoms with Crippen molar-refractivity contribution in [3.05, 3.63) is 119 Å². The lowest BCUT2D eigenvalue weighted by atomic mass is 10.0. The van der Waals surface area contributed by atoms with E-state index in [9.17, 15) is 18.0 Å². The molecule has 48 heavy (non-hydrogen) atoms. The molecule has 11 heteroatoms. The lowest BCUT2D eigenvalue weighted by Gasteiger charge is -2.34. The van der Waals surface area contributed by atoms with Crippen LogP contribution in [0.25, 0.3) is 0 Å². The Morgan fingerprint density at radius 3 is 2.10 bits per heavy atom. The van der Waals surface area contributed by atoms with Crippen LogP contribution < -0.4 is 14.4 Å². The van der Waals surface area contributed by atoms with Crippen molar-refractivity contribution in [2.45, 2.75) is 62.0 Å². The van der Waals surface area contributed by atoms with Crippen molar-refractivity contribution >= 4 is 55.2 Å². The molecule has 0 bridgehead atoms. The highest BCUT2D eigenvalue weighted by atomic mass is 79.9. The molecule has 4 aromatic rings. The summed E-state index contributed by atoms with van der Waals surface area (Å²) in [7, 11) is -4.21. The number of thioether (sulfide) groups is 1. The standard InChI is InChI=1S/C37H42BrN3O5S2/c1-5-27(3)39-37(43)35(24-28-10-8-7-9-11-28)40(25-29-12-14-30(38)15-13-29)36(42)26-41(31-16-18-32(19-17-31)46-6-2)48(44,45)34-22-20-33(47-4)21-23-34/h7-23,27,35H,5-6,24-26H2,1-4H3,(H,39,43)/t27-,35-/m0/s1. The monoisotopic (exact) mass is 751 g/mol. The van der Waals surface area contributed by atoms with E-state index in [2.05, 4.69) is 21.2 Å². The molecule has 0 spiro atoms. The summed E-state index contributed by atoms with van der Waals surface area (Å²) in [5.41, 5.74) is 1.97. The van der Waals surface area contributed by atoms with Gasteiger partial charge in [0, 0.05) is 28.4 Å². The van der Waals surface area contributed by atoms with Gasteiger partial charge in [-0.25, -0.2) is 8.42 Å². The SMILES string of the molecule is CCOc1ccc(N(CC(=O)N(Cc2ccc(Br)cc2)[C@@H](Cc2ccccc2)C(=O)N[C@@H](C)CC)S(=O)(=O)c2ccc(SC)cc2)cc1.